The predicted molar refractivity (Wildman–Crippen MR) is 88.5 cm³/mol. The third-order valence-electron chi connectivity index (χ3n) is 3.28. The first kappa shape index (κ1) is 16.7. The molecule has 2 aromatic heterocycles. The van der Waals surface area contributed by atoms with Gasteiger partial charge in [-0.1, -0.05) is 6.07 Å². The Labute approximate surface area is 138 Å². The number of H-pyrrole nitrogens is 1. The largest absolute Gasteiger partial charge is 0.462 e. The Kier molecular flexibility index (Phi) is 5.14. The van der Waals surface area contributed by atoms with E-state index in [1.807, 2.05) is 23.6 Å². The van der Waals surface area contributed by atoms with E-state index >= 15 is 0 Å². The second-order valence-electron chi connectivity index (χ2n) is 4.86. The van der Waals surface area contributed by atoms with Crippen molar-refractivity contribution in [3.05, 3.63) is 50.5 Å². The Balaban J connectivity index is 2.51. The number of ether oxygens (including phenoxy) is 1. The number of aromatic amines is 1. The molecule has 0 aliphatic rings. The van der Waals surface area contributed by atoms with E-state index < -0.39 is 11.8 Å². The molecule has 0 bridgehead atoms. The van der Waals surface area contributed by atoms with E-state index in [9.17, 15) is 14.9 Å². The van der Waals surface area contributed by atoms with Crippen LogP contribution in [0.15, 0.2) is 23.1 Å². The number of nitriles is 1. The SMILES string of the molecule is CCOC(=O)c1c(C)[nH]c(C)c1C(=O)/C(C#N)=C/c1cccs1. The molecule has 2 heterocycles. The van der Waals surface area contributed by atoms with Crippen molar-refractivity contribution in [1.29, 1.82) is 5.26 Å². The molecule has 0 spiro atoms. The van der Waals surface area contributed by atoms with Gasteiger partial charge >= 0.3 is 5.97 Å². The monoisotopic (exact) mass is 328 g/mol. The Morgan fingerprint density at radius 2 is 2.04 bits per heavy atom. The van der Waals surface area contributed by atoms with Crippen molar-refractivity contribution in [2.24, 2.45) is 0 Å². The number of carbonyl (C=O) groups excluding carboxylic acids is 2. The Hall–Kier alpha value is -2.65. The van der Waals surface area contributed by atoms with Crippen molar-refractivity contribution in [3.8, 4) is 6.07 Å². The third kappa shape index (κ3) is 3.41. The summed E-state index contributed by atoms with van der Waals surface area (Å²) in [6, 6.07) is 5.58. The second kappa shape index (κ2) is 7.07. The lowest BCUT2D eigenvalue weighted by atomic mass is 9.99. The van der Waals surface area contributed by atoms with Crippen LogP contribution in [0.3, 0.4) is 0 Å². The standard InChI is InChI=1S/C17H16N2O3S/c1-4-22-17(21)15-11(3)19-10(2)14(15)16(20)12(9-18)8-13-6-5-7-23-13/h5-8,19H,4H2,1-3H3/b12-8+. The maximum absolute atomic E-state index is 12.8. The van der Waals surface area contributed by atoms with Crippen LogP contribution in [-0.2, 0) is 4.74 Å². The molecule has 1 N–H and O–H groups in total. The highest BCUT2D eigenvalue weighted by Gasteiger charge is 2.27. The lowest BCUT2D eigenvalue weighted by molar-refractivity contribution is 0.0523. The topological polar surface area (TPSA) is 83.0 Å². The molecule has 0 fully saturated rings. The molecular weight excluding hydrogens is 312 g/mol. The molecular formula is C17H16N2O3S. The number of esters is 1. The van der Waals surface area contributed by atoms with Crippen molar-refractivity contribution in [1.82, 2.24) is 4.98 Å². The number of thiophene rings is 1. The Bertz CT molecular complexity index is 808. The highest BCUT2D eigenvalue weighted by molar-refractivity contribution is 7.10. The Morgan fingerprint density at radius 3 is 2.61 bits per heavy atom. The molecule has 0 saturated heterocycles. The van der Waals surface area contributed by atoms with Gasteiger partial charge in [0.2, 0.25) is 5.78 Å². The van der Waals surface area contributed by atoms with Crippen LogP contribution in [0, 0.1) is 25.2 Å². The molecule has 23 heavy (non-hydrogen) atoms. The minimum atomic E-state index is -0.564. The van der Waals surface area contributed by atoms with E-state index in [-0.39, 0.29) is 23.3 Å². The van der Waals surface area contributed by atoms with Gasteiger partial charge in [0.05, 0.1) is 17.7 Å². The first-order chi connectivity index (χ1) is 11.0. The molecule has 0 aromatic carbocycles. The normalized spacial score (nSPS) is 11.1. The second-order valence-corrected chi connectivity index (χ2v) is 5.84. The van der Waals surface area contributed by atoms with Crippen LogP contribution in [0.1, 0.15) is 43.9 Å². The molecule has 0 radical (unpaired) electrons. The number of ketones is 1. The van der Waals surface area contributed by atoms with E-state index in [0.717, 1.165) is 4.88 Å². The molecule has 2 rings (SSSR count). The molecule has 0 aliphatic carbocycles. The quantitative estimate of drug-likeness (QED) is 0.393. The van der Waals surface area contributed by atoms with Crippen LogP contribution < -0.4 is 0 Å². The zero-order chi connectivity index (χ0) is 17.0. The fourth-order valence-electron chi connectivity index (χ4n) is 2.32. The average molecular weight is 328 g/mol. The molecule has 118 valence electrons. The number of aromatic nitrogens is 1. The fraction of sp³-hybridized carbons (Fsp3) is 0.235. The van der Waals surface area contributed by atoms with Crippen molar-refractivity contribution < 1.29 is 14.3 Å². The molecule has 0 saturated carbocycles. The van der Waals surface area contributed by atoms with Gasteiger partial charge in [-0.3, -0.25) is 4.79 Å². The molecule has 5 nitrogen and oxygen atoms in total. The summed E-state index contributed by atoms with van der Waals surface area (Å²) >= 11 is 1.43. The van der Waals surface area contributed by atoms with Crippen molar-refractivity contribution in [2.45, 2.75) is 20.8 Å². The summed E-state index contributed by atoms with van der Waals surface area (Å²) in [6.07, 6.45) is 1.53. The molecule has 6 heteroatoms. The van der Waals surface area contributed by atoms with Crippen molar-refractivity contribution in [3.63, 3.8) is 0 Å². The minimum Gasteiger partial charge on any atom is -0.462 e. The van der Waals surface area contributed by atoms with E-state index in [2.05, 4.69) is 4.98 Å². The number of allylic oxidation sites excluding steroid dienone is 1. The van der Waals surface area contributed by atoms with Gasteiger partial charge in [-0.25, -0.2) is 4.79 Å². The lowest BCUT2D eigenvalue weighted by Gasteiger charge is -2.05. The van der Waals surface area contributed by atoms with Crippen LogP contribution in [0.2, 0.25) is 0 Å². The zero-order valence-corrected chi connectivity index (χ0v) is 13.9. The van der Waals surface area contributed by atoms with Gasteiger partial charge in [0.15, 0.2) is 0 Å². The molecule has 2 aromatic rings. The van der Waals surface area contributed by atoms with Crippen molar-refractivity contribution in [2.75, 3.05) is 6.61 Å². The van der Waals surface area contributed by atoms with E-state index in [1.54, 1.807) is 20.8 Å². The maximum atomic E-state index is 12.8. The van der Waals surface area contributed by atoms with Crippen LogP contribution in [0.5, 0.6) is 0 Å². The van der Waals surface area contributed by atoms with Gasteiger partial charge < -0.3 is 9.72 Å². The molecule has 0 aliphatic heterocycles. The Morgan fingerprint density at radius 1 is 1.35 bits per heavy atom. The number of carbonyl (C=O) groups is 2. The summed E-state index contributed by atoms with van der Waals surface area (Å²) in [5.74, 6) is -1.04. The van der Waals surface area contributed by atoms with Gasteiger partial charge in [0, 0.05) is 16.3 Å². The van der Waals surface area contributed by atoms with E-state index in [4.69, 9.17) is 4.74 Å². The zero-order valence-electron chi connectivity index (χ0n) is 13.1. The number of nitrogens with zero attached hydrogens (tertiary/aromatic N) is 1. The fourth-order valence-corrected chi connectivity index (χ4v) is 2.98. The highest BCUT2D eigenvalue weighted by Crippen LogP contribution is 2.24. The van der Waals surface area contributed by atoms with Gasteiger partial charge in [-0.15, -0.1) is 11.3 Å². The summed E-state index contributed by atoms with van der Waals surface area (Å²) in [4.78, 5) is 28.7. The van der Waals surface area contributed by atoms with Gasteiger partial charge in [0.1, 0.15) is 11.6 Å². The number of nitrogens with one attached hydrogen (secondary N) is 1. The average Bonchev–Trinajstić information content (AvgIpc) is 3.11. The van der Waals surface area contributed by atoms with Crippen LogP contribution in [0.4, 0.5) is 0 Å². The first-order valence-corrected chi connectivity index (χ1v) is 7.93. The highest BCUT2D eigenvalue weighted by atomic mass is 32.1. The first-order valence-electron chi connectivity index (χ1n) is 7.05. The number of aryl methyl sites for hydroxylation is 2. The molecule has 0 amide bonds. The predicted octanol–water partition coefficient (Wildman–Crippen LogP) is 3.66. The summed E-state index contributed by atoms with van der Waals surface area (Å²) in [5.41, 5.74) is 1.48. The van der Waals surface area contributed by atoms with Gasteiger partial charge in [0.25, 0.3) is 0 Å². The van der Waals surface area contributed by atoms with Gasteiger partial charge in [-0.05, 0) is 38.3 Å². The molecule has 0 unspecified atom stereocenters. The number of hydrogen-bond donors (Lipinski definition) is 1. The summed E-state index contributed by atoms with van der Waals surface area (Å²) in [6.45, 7) is 5.31. The lowest BCUT2D eigenvalue weighted by Crippen LogP contribution is -2.13. The van der Waals surface area contributed by atoms with Crippen molar-refractivity contribution >= 4 is 29.2 Å². The summed E-state index contributed by atoms with van der Waals surface area (Å²) in [7, 11) is 0. The van der Waals surface area contributed by atoms with Gasteiger partial charge in [-0.2, -0.15) is 5.26 Å². The van der Waals surface area contributed by atoms with E-state index in [1.165, 1.54) is 17.4 Å². The number of hydrogen-bond acceptors (Lipinski definition) is 5. The van der Waals surface area contributed by atoms with Crippen LogP contribution in [-0.4, -0.2) is 23.3 Å². The third-order valence-corrected chi connectivity index (χ3v) is 4.10. The molecule has 0 atom stereocenters. The number of rotatable bonds is 5. The number of Topliss-reactive ketones (excluding diaryl/α,β-unsaturated/α-hetero) is 1. The summed E-state index contributed by atoms with van der Waals surface area (Å²) in [5, 5.41) is 11.2. The maximum Gasteiger partial charge on any atom is 0.340 e. The smallest absolute Gasteiger partial charge is 0.340 e. The summed E-state index contributed by atoms with van der Waals surface area (Å²) < 4.78 is 5.02. The van der Waals surface area contributed by atoms with E-state index in [0.29, 0.717) is 11.4 Å². The van der Waals surface area contributed by atoms with Crippen LogP contribution in [0.25, 0.3) is 6.08 Å². The minimum absolute atomic E-state index is 0.0138. The van der Waals surface area contributed by atoms with Crippen LogP contribution >= 0.6 is 11.3 Å².